The fraction of sp³-hybridized carbons (Fsp3) is 0.200. The molecule has 112 valence electrons. The zero-order chi connectivity index (χ0) is 15.2. The molecule has 2 aromatic rings. The Labute approximate surface area is 133 Å². The lowest BCUT2D eigenvalue weighted by atomic mass is 10.1. The van der Waals surface area contributed by atoms with E-state index in [1.807, 2.05) is 12.1 Å². The molecule has 4 nitrogen and oxygen atoms in total. The molecule has 3 N–H and O–H groups in total. The summed E-state index contributed by atoms with van der Waals surface area (Å²) >= 11 is 11.8. The van der Waals surface area contributed by atoms with Gasteiger partial charge >= 0.3 is 0 Å². The van der Waals surface area contributed by atoms with Gasteiger partial charge in [-0.15, -0.1) is 0 Å². The number of hydrogen-bond donors (Lipinski definition) is 2. The van der Waals surface area contributed by atoms with Crippen molar-refractivity contribution in [2.24, 2.45) is 5.84 Å². The standard InChI is InChI=1S/C15H16Cl2N2O2/c1-20-15-8-10(2-7-13(15)17)14(19-18)9-21-12-5-3-11(16)4-6-12/h2-8,14,19H,9,18H2,1H3. The van der Waals surface area contributed by atoms with E-state index in [-0.39, 0.29) is 6.04 Å². The molecule has 2 aromatic carbocycles. The van der Waals surface area contributed by atoms with Crippen LogP contribution < -0.4 is 20.7 Å². The van der Waals surface area contributed by atoms with E-state index < -0.39 is 0 Å². The second-order valence-corrected chi connectivity index (χ2v) is 5.22. The Morgan fingerprint density at radius 2 is 1.86 bits per heavy atom. The number of ether oxygens (including phenoxy) is 2. The summed E-state index contributed by atoms with van der Waals surface area (Å²) in [7, 11) is 1.57. The summed E-state index contributed by atoms with van der Waals surface area (Å²) in [6.45, 7) is 0.364. The zero-order valence-corrected chi connectivity index (χ0v) is 13.0. The average Bonchev–Trinajstić information content (AvgIpc) is 2.51. The fourth-order valence-corrected chi connectivity index (χ4v) is 2.16. The summed E-state index contributed by atoms with van der Waals surface area (Å²) in [4.78, 5) is 0. The molecule has 0 fully saturated rings. The molecular weight excluding hydrogens is 311 g/mol. The number of hydrazine groups is 1. The van der Waals surface area contributed by atoms with Gasteiger partial charge in [-0.3, -0.25) is 5.84 Å². The molecular formula is C15H16Cl2N2O2. The number of nitrogens with two attached hydrogens (primary N) is 1. The van der Waals surface area contributed by atoms with Crippen LogP contribution in [0.1, 0.15) is 11.6 Å². The number of rotatable bonds is 6. The van der Waals surface area contributed by atoms with Crippen molar-refractivity contribution in [2.75, 3.05) is 13.7 Å². The zero-order valence-electron chi connectivity index (χ0n) is 11.5. The van der Waals surface area contributed by atoms with Crippen LogP contribution in [0.3, 0.4) is 0 Å². The summed E-state index contributed by atoms with van der Waals surface area (Å²) in [5.74, 6) is 6.92. The van der Waals surface area contributed by atoms with Crippen LogP contribution in [-0.4, -0.2) is 13.7 Å². The molecule has 0 heterocycles. The molecule has 0 aliphatic heterocycles. The summed E-state index contributed by atoms with van der Waals surface area (Å²) in [5.41, 5.74) is 3.64. The van der Waals surface area contributed by atoms with Crippen molar-refractivity contribution in [2.45, 2.75) is 6.04 Å². The highest BCUT2D eigenvalue weighted by Gasteiger charge is 2.13. The Hall–Kier alpha value is -1.46. The maximum Gasteiger partial charge on any atom is 0.137 e. The second-order valence-electron chi connectivity index (χ2n) is 4.38. The lowest BCUT2D eigenvalue weighted by molar-refractivity contribution is 0.267. The van der Waals surface area contributed by atoms with E-state index in [1.54, 1.807) is 37.4 Å². The van der Waals surface area contributed by atoms with Crippen LogP contribution in [0.4, 0.5) is 0 Å². The van der Waals surface area contributed by atoms with Gasteiger partial charge in [0.2, 0.25) is 0 Å². The molecule has 6 heteroatoms. The Morgan fingerprint density at radius 3 is 2.48 bits per heavy atom. The fourth-order valence-electron chi connectivity index (χ4n) is 1.84. The lowest BCUT2D eigenvalue weighted by Gasteiger charge is -2.18. The van der Waals surface area contributed by atoms with E-state index in [2.05, 4.69) is 5.43 Å². The summed E-state index contributed by atoms with van der Waals surface area (Å²) in [6.07, 6.45) is 0. The highest BCUT2D eigenvalue weighted by Crippen LogP contribution is 2.28. The van der Waals surface area contributed by atoms with Crippen LogP contribution >= 0.6 is 23.2 Å². The Morgan fingerprint density at radius 1 is 1.14 bits per heavy atom. The molecule has 0 bridgehead atoms. The van der Waals surface area contributed by atoms with E-state index in [9.17, 15) is 0 Å². The first-order valence-electron chi connectivity index (χ1n) is 6.32. The van der Waals surface area contributed by atoms with Crippen LogP contribution in [-0.2, 0) is 0 Å². The topological polar surface area (TPSA) is 56.5 Å². The summed E-state index contributed by atoms with van der Waals surface area (Å²) in [6, 6.07) is 12.4. The smallest absolute Gasteiger partial charge is 0.137 e. The SMILES string of the molecule is COc1cc(C(COc2ccc(Cl)cc2)NN)ccc1Cl. The van der Waals surface area contributed by atoms with Crippen LogP contribution in [0, 0.1) is 0 Å². The molecule has 0 aliphatic carbocycles. The summed E-state index contributed by atoms with van der Waals surface area (Å²) in [5, 5.41) is 1.22. The van der Waals surface area contributed by atoms with Gasteiger partial charge in [0.15, 0.2) is 0 Å². The van der Waals surface area contributed by atoms with Crippen molar-refractivity contribution >= 4 is 23.2 Å². The predicted octanol–water partition coefficient (Wildman–Crippen LogP) is 3.59. The lowest BCUT2D eigenvalue weighted by Crippen LogP contribution is -2.32. The molecule has 2 rings (SSSR count). The highest BCUT2D eigenvalue weighted by molar-refractivity contribution is 6.32. The third-order valence-electron chi connectivity index (χ3n) is 3.01. The molecule has 1 unspecified atom stereocenters. The van der Waals surface area contributed by atoms with Gasteiger partial charge in [0, 0.05) is 5.02 Å². The largest absolute Gasteiger partial charge is 0.495 e. The van der Waals surface area contributed by atoms with Gasteiger partial charge in [-0.1, -0.05) is 29.3 Å². The molecule has 0 amide bonds. The van der Waals surface area contributed by atoms with Gasteiger partial charge < -0.3 is 9.47 Å². The van der Waals surface area contributed by atoms with Crippen molar-refractivity contribution in [3.8, 4) is 11.5 Å². The van der Waals surface area contributed by atoms with Crippen molar-refractivity contribution < 1.29 is 9.47 Å². The van der Waals surface area contributed by atoms with Crippen molar-refractivity contribution in [1.82, 2.24) is 5.43 Å². The van der Waals surface area contributed by atoms with E-state index in [0.29, 0.717) is 22.4 Å². The van der Waals surface area contributed by atoms with Crippen LogP contribution in [0.25, 0.3) is 0 Å². The van der Waals surface area contributed by atoms with E-state index in [0.717, 1.165) is 11.3 Å². The van der Waals surface area contributed by atoms with Gasteiger partial charge in [0.1, 0.15) is 18.1 Å². The molecule has 0 saturated carbocycles. The minimum absolute atomic E-state index is 0.188. The number of nitrogens with one attached hydrogen (secondary N) is 1. The maximum absolute atomic E-state index is 6.01. The van der Waals surface area contributed by atoms with Gasteiger partial charge in [0.05, 0.1) is 18.2 Å². The van der Waals surface area contributed by atoms with Crippen molar-refractivity contribution in [1.29, 1.82) is 0 Å². The molecule has 21 heavy (non-hydrogen) atoms. The number of benzene rings is 2. The van der Waals surface area contributed by atoms with Crippen molar-refractivity contribution in [3.63, 3.8) is 0 Å². The normalized spacial score (nSPS) is 12.0. The van der Waals surface area contributed by atoms with Crippen molar-refractivity contribution in [3.05, 3.63) is 58.1 Å². The molecule has 0 aliphatic rings. The first kappa shape index (κ1) is 15.9. The molecule has 0 aromatic heterocycles. The summed E-state index contributed by atoms with van der Waals surface area (Å²) < 4.78 is 10.9. The predicted molar refractivity (Wildman–Crippen MR) is 85.0 cm³/mol. The monoisotopic (exact) mass is 326 g/mol. The Bertz CT molecular complexity index is 591. The number of halogens is 2. The molecule has 1 atom stereocenters. The number of methoxy groups -OCH3 is 1. The van der Waals surface area contributed by atoms with Crippen LogP contribution in [0.2, 0.25) is 10.0 Å². The average molecular weight is 327 g/mol. The first-order chi connectivity index (χ1) is 10.1. The minimum Gasteiger partial charge on any atom is -0.495 e. The Kier molecular flexibility index (Phi) is 5.70. The van der Waals surface area contributed by atoms with Gasteiger partial charge in [-0.25, -0.2) is 5.43 Å². The highest BCUT2D eigenvalue weighted by atomic mass is 35.5. The third-order valence-corrected chi connectivity index (χ3v) is 3.57. The minimum atomic E-state index is -0.188. The quantitative estimate of drug-likeness (QED) is 0.629. The molecule has 0 radical (unpaired) electrons. The molecule has 0 spiro atoms. The first-order valence-corrected chi connectivity index (χ1v) is 7.07. The van der Waals surface area contributed by atoms with E-state index >= 15 is 0 Å². The van der Waals surface area contributed by atoms with Crippen LogP contribution in [0.5, 0.6) is 11.5 Å². The molecule has 0 saturated heterocycles. The van der Waals surface area contributed by atoms with Gasteiger partial charge in [-0.2, -0.15) is 0 Å². The number of hydrogen-bond acceptors (Lipinski definition) is 4. The maximum atomic E-state index is 6.01. The van der Waals surface area contributed by atoms with Gasteiger partial charge in [0.25, 0.3) is 0 Å². The third kappa shape index (κ3) is 4.25. The van der Waals surface area contributed by atoms with E-state index in [1.165, 1.54) is 0 Å². The van der Waals surface area contributed by atoms with E-state index in [4.69, 9.17) is 38.5 Å². The van der Waals surface area contributed by atoms with Gasteiger partial charge in [-0.05, 0) is 42.0 Å². The second kappa shape index (κ2) is 7.52. The Balaban J connectivity index is 2.07. The van der Waals surface area contributed by atoms with Crippen LogP contribution in [0.15, 0.2) is 42.5 Å².